The van der Waals surface area contributed by atoms with Gasteiger partial charge < -0.3 is 9.53 Å². The molecule has 18 heavy (non-hydrogen) atoms. The number of nitrogens with zero attached hydrogens (tertiary/aromatic N) is 1. The fourth-order valence-electron chi connectivity index (χ4n) is 1.79. The van der Waals surface area contributed by atoms with Crippen LogP contribution in [0.15, 0.2) is 35.8 Å². The average Bonchev–Trinajstić information content (AvgIpc) is 2.90. The number of thiazole rings is 1. The van der Waals surface area contributed by atoms with Crippen molar-refractivity contribution in [1.82, 2.24) is 4.98 Å². The van der Waals surface area contributed by atoms with E-state index >= 15 is 0 Å². The molecule has 1 aromatic heterocycles. The van der Waals surface area contributed by atoms with Crippen molar-refractivity contribution in [3.05, 3.63) is 46.4 Å². The Morgan fingerprint density at radius 2 is 2.39 bits per heavy atom. The fourth-order valence-corrected chi connectivity index (χ4v) is 2.49. The molecule has 0 aliphatic heterocycles. The normalized spacial score (nSPS) is 12.1. The molecule has 0 fully saturated rings. The number of aldehydes is 1. The maximum Gasteiger partial charge on any atom is 0.130 e. The highest BCUT2D eigenvalue weighted by Crippen LogP contribution is 2.23. The van der Waals surface area contributed by atoms with Gasteiger partial charge in [0.15, 0.2) is 0 Å². The maximum absolute atomic E-state index is 11.2. The van der Waals surface area contributed by atoms with Crippen molar-refractivity contribution in [3.8, 4) is 5.75 Å². The highest BCUT2D eigenvalue weighted by molar-refractivity contribution is 7.09. The Labute approximate surface area is 110 Å². The van der Waals surface area contributed by atoms with Crippen LogP contribution in [0.1, 0.15) is 23.4 Å². The van der Waals surface area contributed by atoms with Gasteiger partial charge in [0.25, 0.3) is 0 Å². The van der Waals surface area contributed by atoms with Gasteiger partial charge in [0, 0.05) is 11.6 Å². The van der Waals surface area contributed by atoms with Crippen LogP contribution in [0.5, 0.6) is 5.75 Å². The van der Waals surface area contributed by atoms with Gasteiger partial charge in [-0.2, -0.15) is 0 Å². The number of carbonyl (C=O) groups is 1. The summed E-state index contributed by atoms with van der Waals surface area (Å²) in [4.78, 5) is 15.4. The standard InChI is InChI=1S/C14H15NO2S/c1-2-17-13-5-3-4-11(9-13)8-12(10-16)14-15-6-7-18-14/h3-7,9-10,12H,2,8H2,1H3. The van der Waals surface area contributed by atoms with Crippen molar-refractivity contribution >= 4 is 17.6 Å². The fraction of sp³-hybridized carbons (Fsp3) is 0.286. The van der Waals surface area contributed by atoms with Crippen LogP contribution in [0, 0.1) is 0 Å². The molecule has 0 saturated carbocycles. The zero-order chi connectivity index (χ0) is 12.8. The summed E-state index contributed by atoms with van der Waals surface area (Å²) in [5, 5.41) is 2.76. The predicted molar refractivity (Wildman–Crippen MR) is 72.2 cm³/mol. The van der Waals surface area contributed by atoms with E-state index in [4.69, 9.17) is 4.74 Å². The van der Waals surface area contributed by atoms with Crippen LogP contribution in [0.4, 0.5) is 0 Å². The number of hydrogen-bond acceptors (Lipinski definition) is 4. The van der Waals surface area contributed by atoms with Gasteiger partial charge in [-0.15, -0.1) is 11.3 Å². The summed E-state index contributed by atoms with van der Waals surface area (Å²) in [5.41, 5.74) is 1.09. The topological polar surface area (TPSA) is 39.2 Å². The first-order valence-electron chi connectivity index (χ1n) is 5.90. The van der Waals surface area contributed by atoms with E-state index in [1.165, 1.54) is 11.3 Å². The summed E-state index contributed by atoms with van der Waals surface area (Å²) in [5.74, 6) is 0.681. The van der Waals surface area contributed by atoms with Crippen LogP contribution in [0.25, 0.3) is 0 Å². The van der Waals surface area contributed by atoms with E-state index in [1.54, 1.807) is 6.20 Å². The molecule has 0 aliphatic rings. The molecule has 0 radical (unpaired) electrons. The van der Waals surface area contributed by atoms with Crippen LogP contribution in [0.2, 0.25) is 0 Å². The molecular weight excluding hydrogens is 246 g/mol. The Morgan fingerprint density at radius 3 is 3.06 bits per heavy atom. The van der Waals surface area contributed by atoms with Crippen molar-refractivity contribution in [2.45, 2.75) is 19.3 Å². The number of hydrogen-bond donors (Lipinski definition) is 0. The number of carbonyl (C=O) groups excluding carboxylic acids is 1. The molecular formula is C14H15NO2S. The van der Waals surface area contributed by atoms with Crippen LogP contribution in [-0.2, 0) is 11.2 Å². The van der Waals surface area contributed by atoms with Crippen LogP contribution < -0.4 is 4.74 Å². The van der Waals surface area contributed by atoms with Crippen LogP contribution >= 0.6 is 11.3 Å². The van der Waals surface area contributed by atoms with E-state index in [0.717, 1.165) is 22.6 Å². The highest BCUT2D eigenvalue weighted by Gasteiger charge is 2.14. The molecule has 0 spiro atoms. The summed E-state index contributed by atoms with van der Waals surface area (Å²) in [7, 11) is 0. The second kappa shape index (κ2) is 6.31. The molecule has 1 aromatic carbocycles. The molecule has 2 aromatic rings. The van der Waals surface area contributed by atoms with Gasteiger partial charge in [-0.3, -0.25) is 0 Å². The molecule has 4 heteroatoms. The molecule has 1 unspecified atom stereocenters. The third kappa shape index (κ3) is 3.17. The molecule has 0 aliphatic carbocycles. The van der Waals surface area contributed by atoms with Gasteiger partial charge in [-0.1, -0.05) is 12.1 Å². The third-order valence-electron chi connectivity index (χ3n) is 2.60. The van der Waals surface area contributed by atoms with Crippen molar-refractivity contribution in [2.75, 3.05) is 6.61 Å². The molecule has 94 valence electrons. The highest BCUT2D eigenvalue weighted by atomic mass is 32.1. The van der Waals surface area contributed by atoms with Crippen LogP contribution in [-0.4, -0.2) is 17.9 Å². The van der Waals surface area contributed by atoms with Crippen LogP contribution in [0.3, 0.4) is 0 Å². The number of benzene rings is 1. The maximum atomic E-state index is 11.2. The summed E-state index contributed by atoms with van der Waals surface area (Å²) in [6.07, 6.45) is 3.36. The molecule has 0 N–H and O–H groups in total. The SMILES string of the molecule is CCOc1cccc(CC(C=O)c2nccs2)c1. The zero-order valence-corrected chi connectivity index (χ0v) is 11.0. The minimum atomic E-state index is -0.165. The Bertz CT molecular complexity index is 496. The minimum absolute atomic E-state index is 0.165. The zero-order valence-electron chi connectivity index (χ0n) is 10.2. The lowest BCUT2D eigenvalue weighted by molar-refractivity contribution is -0.109. The van der Waals surface area contributed by atoms with E-state index in [1.807, 2.05) is 36.6 Å². The molecule has 2 rings (SSSR count). The lowest BCUT2D eigenvalue weighted by Gasteiger charge is -2.09. The molecule has 3 nitrogen and oxygen atoms in total. The van der Waals surface area contributed by atoms with E-state index < -0.39 is 0 Å². The van der Waals surface area contributed by atoms with Gasteiger partial charge in [-0.05, 0) is 31.0 Å². The largest absolute Gasteiger partial charge is 0.494 e. The third-order valence-corrected chi connectivity index (χ3v) is 3.51. The van der Waals surface area contributed by atoms with Gasteiger partial charge in [0.05, 0.1) is 12.5 Å². The summed E-state index contributed by atoms with van der Waals surface area (Å²) < 4.78 is 5.45. The molecule has 1 atom stereocenters. The van der Waals surface area contributed by atoms with Crippen molar-refractivity contribution in [2.24, 2.45) is 0 Å². The monoisotopic (exact) mass is 261 g/mol. The lowest BCUT2D eigenvalue weighted by atomic mass is 10.0. The van der Waals surface area contributed by atoms with Crippen molar-refractivity contribution in [3.63, 3.8) is 0 Å². The Kier molecular flexibility index (Phi) is 4.47. The van der Waals surface area contributed by atoms with E-state index in [-0.39, 0.29) is 5.92 Å². The smallest absolute Gasteiger partial charge is 0.130 e. The molecule has 1 heterocycles. The quantitative estimate of drug-likeness (QED) is 0.750. The van der Waals surface area contributed by atoms with Gasteiger partial charge >= 0.3 is 0 Å². The van der Waals surface area contributed by atoms with Gasteiger partial charge in [0.1, 0.15) is 17.0 Å². The lowest BCUT2D eigenvalue weighted by Crippen LogP contribution is -2.04. The summed E-state index contributed by atoms with van der Waals surface area (Å²) >= 11 is 1.52. The van der Waals surface area contributed by atoms with E-state index in [9.17, 15) is 4.79 Å². The second-order valence-electron chi connectivity index (χ2n) is 3.90. The molecule has 0 amide bonds. The first-order valence-corrected chi connectivity index (χ1v) is 6.78. The summed E-state index contributed by atoms with van der Waals surface area (Å²) in [6, 6.07) is 7.86. The first kappa shape index (κ1) is 12.8. The van der Waals surface area contributed by atoms with Gasteiger partial charge in [-0.25, -0.2) is 4.98 Å². The average molecular weight is 261 g/mol. The predicted octanol–water partition coefficient (Wildman–Crippen LogP) is 3.07. The number of rotatable bonds is 6. The molecule has 0 bridgehead atoms. The second-order valence-corrected chi connectivity index (χ2v) is 4.82. The van der Waals surface area contributed by atoms with E-state index in [0.29, 0.717) is 13.0 Å². The van der Waals surface area contributed by atoms with Crippen molar-refractivity contribution in [1.29, 1.82) is 0 Å². The Morgan fingerprint density at radius 1 is 1.50 bits per heavy atom. The minimum Gasteiger partial charge on any atom is -0.494 e. The molecule has 0 saturated heterocycles. The van der Waals surface area contributed by atoms with E-state index in [2.05, 4.69) is 4.98 Å². The summed E-state index contributed by atoms with van der Waals surface area (Å²) in [6.45, 7) is 2.60. The number of aromatic nitrogens is 1. The van der Waals surface area contributed by atoms with Gasteiger partial charge in [0.2, 0.25) is 0 Å². The first-order chi connectivity index (χ1) is 8.83. The Balaban J connectivity index is 2.12. The Hall–Kier alpha value is -1.68. The van der Waals surface area contributed by atoms with Crippen molar-refractivity contribution < 1.29 is 9.53 Å². The number of ether oxygens (including phenoxy) is 1.